The Morgan fingerprint density at radius 2 is 2.13 bits per heavy atom. The SMILES string of the molecule is COCCNC(=O)CC1CN(Cc2ncc(C)c(OC)c2C)c2nc(N)nc(Cl)c21. The van der Waals surface area contributed by atoms with Crippen LogP contribution in [0, 0.1) is 13.8 Å². The molecule has 0 fully saturated rings. The first-order valence-corrected chi connectivity index (χ1v) is 10.1. The van der Waals surface area contributed by atoms with E-state index in [1.54, 1.807) is 20.4 Å². The minimum atomic E-state index is -0.150. The van der Waals surface area contributed by atoms with Crippen molar-refractivity contribution in [1.82, 2.24) is 20.3 Å². The summed E-state index contributed by atoms with van der Waals surface area (Å²) in [6.07, 6.45) is 2.06. The van der Waals surface area contributed by atoms with Gasteiger partial charge in [-0.25, -0.2) is 4.98 Å². The number of amides is 1. The highest BCUT2D eigenvalue weighted by molar-refractivity contribution is 6.30. The first-order valence-electron chi connectivity index (χ1n) is 9.68. The predicted octanol–water partition coefficient (Wildman–Crippen LogP) is 1.99. The quantitative estimate of drug-likeness (QED) is 0.478. The lowest BCUT2D eigenvalue weighted by Gasteiger charge is -2.21. The van der Waals surface area contributed by atoms with E-state index in [4.69, 9.17) is 26.8 Å². The molecule has 0 saturated heterocycles. The van der Waals surface area contributed by atoms with E-state index < -0.39 is 0 Å². The van der Waals surface area contributed by atoms with Gasteiger partial charge >= 0.3 is 0 Å². The number of carbonyl (C=O) groups excluding carboxylic acids is 1. The maximum atomic E-state index is 12.4. The number of hydrogen-bond donors (Lipinski definition) is 2. The number of ether oxygens (including phenoxy) is 2. The molecule has 162 valence electrons. The maximum Gasteiger partial charge on any atom is 0.223 e. The minimum Gasteiger partial charge on any atom is -0.496 e. The Hall–Kier alpha value is -2.65. The van der Waals surface area contributed by atoms with E-state index in [1.807, 2.05) is 18.7 Å². The Bertz CT molecular complexity index is 939. The first kappa shape index (κ1) is 22.0. The lowest BCUT2D eigenvalue weighted by atomic mass is 10.00. The number of halogens is 1. The standard InChI is InChI=1S/C20H27ClN6O3/c1-11-8-24-14(12(2)17(11)30-4)10-27-9-13(7-15(28)23-5-6-29-3)16-18(21)25-20(22)26-19(16)27/h8,13H,5-7,9-10H2,1-4H3,(H,23,28)(H2,22,25,26). The second-order valence-corrected chi connectivity index (χ2v) is 7.64. The van der Waals surface area contributed by atoms with Gasteiger partial charge in [-0.05, 0) is 13.8 Å². The van der Waals surface area contributed by atoms with Crippen molar-refractivity contribution in [1.29, 1.82) is 0 Å². The molecule has 0 aromatic carbocycles. The van der Waals surface area contributed by atoms with Gasteiger partial charge in [0.05, 0.1) is 26.0 Å². The third-order valence-electron chi connectivity index (χ3n) is 5.20. The zero-order valence-electron chi connectivity index (χ0n) is 17.7. The van der Waals surface area contributed by atoms with Crippen molar-refractivity contribution < 1.29 is 14.3 Å². The average Bonchev–Trinajstić information content (AvgIpc) is 3.01. The van der Waals surface area contributed by atoms with Crippen LogP contribution < -0.4 is 20.7 Å². The van der Waals surface area contributed by atoms with Gasteiger partial charge in [0.2, 0.25) is 11.9 Å². The zero-order chi connectivity index (χ0) is 21.8. The van der Waals surface area contributed by atoms with Crippen molar-refractivity contribution in [3.63, 3.8) is 0 Å². The van der Waals surface area contributed by atoms with E-state index >= 15 is 0 Å². The molecule has 30 heavy (non-hydrogen) atoms. The number of pyridine rings is 1. The molecule has 1 aliphatic heterocycles. The van der Waals surface area contributed by atoms with Crippen LogP contribution in [0.15, 0.2) is 6.20 Å². The summed E-state index contributed by atoms with van der Waals surface area (Å²) in [5.41, 5.74) is 9.39. The fourth-order valence-electron chi connectivity index (χ4n) is 3.79. The van der Waals surface area contributed by atoms with Gasteiger partial charge in [0.1, 0.15) is 16.7 Å². The van der Waals surface area contributed by atoms with Crippen LogP contribution in [0.4, 0.5) is 11.8 Å². The second-order valence-electron chi connectivity index (χ2n) is 7.28. The van der Waals surface area contributed by atoms with Gasteiger partial charge in [0.15, 0.2) is 0 Å². The van der Waals surface area contributed by atoms with Crippen LogP contribution in [0.1, 0.15) is 34.7 Å². The van der Waals surface area contributed by atoms with E-state index in [0.29, 0.717) is 32.1 Å². The topological polar surface area (TPSA) is 115 Å². The number of nitrogens with one attached hydrogen (secondary N) is 1. The predicted molar refractivity (Wildman–Crippen MR) is 115 cm³/mol. The Morgan fingerprint density at radius 3 is 2.83 bits per heavy atom. The molecule has 3 heterocycles. The van der Waals surface area contributed by atoms with Gasteiger partial charge in [0, 0.05) is 55.4 Å². The zero-order valence-corrected chi connectivity index (χ0v) is 18.4. The molecule has 9 nitrogen and oxygen atoms in total. The van der Waals surface area contributed by atoms with Gasteiger partial charge in [-0.3, -0.25) is 9.78 Å². The van der Waals surface area contributed by atoms with Gasteiger partial charge in [-0.15, -0.1) is 0 Å². The Labute approximate surface area is 180 Å². The molecule has 1 unspecified atom stereocenters. The second kappa shape index (κ2) is 9.44. The summed E-state index contributed by atoms with van der Waals surface area (Å²) in [5.74, 6) is 1.32. The van der Waals surface area contributed by atoms with E-state index in [0.717, 1.165) is 28.1 Å². The van der Waals surface area contributed by atoms with Crippen LogP contribution in [-0.4, -0.2) is 54.8 Å². The van der Waals surface area contributed by atoms with E-state index in [2.05, 4.69) is 20.3 Å². The molecule has 0 bridgehead atoms. The van der Waals surface area contributed by atoms with Crippen LogP contribution in [0.2, 0.25) is 5.15 Å². The number of aromatic nitrogens is 3. The number of nitrogen functional groups attached to an aromatic ring is 1. The third-order valence-corrected chi connectivity index (χ3v) is 5.48. The summed E-state index contributed by atoms with van der Waals surface area (Å²) in [7, 11) is 3.24. The molecule has 1 aliphatic rings. The number of hydrogen-bond acceptors (Lipinski definition) is 8. The summed E-state index contributed by atoms with van der Waals surface area (Å²) >= 11 is 6.40. The third kappa shape index (κ3) is 4.57. The van der Waals surface area contributed by atoms with Crippen LogP contribution in [0.5, 0.6) is 5.75 Å². The van der Waals surface area contributed by atoms with Crippen molar-refractivity contribution in [2.45, 2.75) is 32.7 Å². The maximum absolute atomic E-state index is 12.4. The number of fused-ring (bicyclic) bond motifs is 1. The summed E-state index contributed by atoms with van der Waals surface area (Å²) in [4.78, 5) is 27.5. The van der Waals surface area contributed by atoms with Crippen LogP contribution in [-0.2, 0) is 16.1 Å². The molecular formula is C20H27ClN6O3. The smallest absolute Gasteiger partial charge is 0.223 e. The summed E-state index contributed by atoms with van der Waals surface area (Å²) in [6, 6.07) is 0. The summed E-state index contributed by atoms with van der Waals surface area (Å²) in [6.45, 7) is 5.90. The Morgan fingerprint density at radius 1 is 1.37 bits per heavy atom. The first-order chi connectivity index (χ1) is 14.3. The van der Waals surface area contributed by atoms with Crippen molar-refractivity contribution in [3.05, 3.63) is 33.7 Å². The molecule has 3 rings (SSSR count). The van der Waals surface area contributed by atoms with Crippen LogP contribution in [0.25, 0.3) is 0 Å². The molecule has 10 heteroatoms. The van der Waals surface area contributed by atoms with Crippen molar-refractivity contribution >= 4 is 29.3 Å². The van der Waals surface area contributed by atoms with Gasteiger partial charge in [-0.2, -0.15) is 4.98 Å². The molecule has 2 aromatic heterocycles. The fourth-order valence-corrected chi connectivity index (χ4v) is 4.11. The number of rotatable bonds is 8. The highest BCUT2D eigenvalue weighted by Gasteiger charge is 2.35. The Balaban J connectivity index is 1.86. The van der Waals surface area contributed by atoms with Gasteiger partial charge in [0.25, 0.3) is 0 Å². The van der Waals surface area contributed by atoms with E-state index in [-0.39, 0.29) is 29.3 Å². The van der Waals surface area contributed by atoms with Crippen LogP contribution >= 0.6 is 11.6 Å². The highest BCUT2D eigenvalue weighted by Crippen LogP contribution is 2.41. The van der Waals surface area contributed by atoms with Gasteiger partial charge < -0.3 is 25.4 Å². The molecule has 0 spiro atoms. The number of anilines is 2. The molecule has 1 atom stereocenters. The summed E-state index contributed by atoms with van der Waals surface area (Å²) in [5, 5.41) is 3.13. The molecular weight excluding hydrogens is 408 g/mol. The van der Waals surface area contributed by atoms with Gasteiger partial charge in [-0.1, -0.05) is 11.6 Å². The average molecular weight is 435 g/mol. The normalized spacial score (nSPS) is 15.2. The largest absolute Gasteiger partial charge is 0.496 e. The monoisotopic (exact) mass is 434 g/mol. The molecule has 0 saturated carbocycles. The van der Waals surface area contributed by atoms with E-state index in [1.165, 1.54) is 0 Å². The molecule has 1 amide bonds. The van der Waals surface area contributed by atoms with Crippen molar-refractivity contribution in [2.75, 3.05) is 44.5 Å². The fraction of sp³-hybridized carbons (Fsp3) is 0.500. The van der Waals surface area contributed by atoms with Crippen LogP contribution in [0.3, 0.4) is 0 Å². The molecule has 0 radical (unpaired) electrons. The highest BCUT2D eigenvalue weighted by atomic mass is 35.5. The summed E-state index contributed by atoms with van der Waals surface area (Å²) < 4.78 is 10.5. The molecule has 2 aromatic rings. The number of aryl methyl sites for hydroxylation is 1. The molecule has 0 aliphatic carbocycles. The Kier molecular flexibility index (Phi) is 6.94. The number of carbonyl (C=O) groups is 1. The minimum absolute atomic E-state index is 0.0796. The number of nitrogens with zero attached hydrogens (tertiary/aromatic N) is 4. The van der Waals surface area contributed by atoms with Crippen molar-refractivity contribution in [2.24, 2.45) is 0 Å². The lowest BCUT2D eigenvalue weighted by molar-refractivity contribution is -0.121. The number of methoxy groups -OCH3 is 2. The molecule has 3 N–H and O–H groups in total. The number of nitrogens with two attached hydrogens (primary N) is 1. The van der Waals surface area contributed by atoms with Crippen molar-refractivity contribution in [3.8, 4) is 5.75 Å². The lowest BCUT2D eigenvalue weighted by Crippen LogP contribution is -2.30. The van der Waals surface area contributed by atoms with E-state index in [9.17, 15) is 4.79 Å².